The van der Waals surface area contributed by atoms with Crippen LogP contribution in [-0.4, -0.2) is 24.6 Å². The molecule has 1 aliphatic rings. The Labute approximate surface area is 178 Å². The molecule has 1 unspecified atom stereocenters. The van der Waals surface area contributed by atoms with E-state index in [2.05, 4.69) is 28.5 Å². The molecule has 1 amide bonds. The third-order valence-electron chi connectivity index (χ3n) is 5.85. The SMILES string of the molecule is CC(NC(=O)Cn1c(Cl)nc2c1c(=O)n(C)c(=O)n2C)c1ccc2c(c1)CCCC2. The smallest absolute Gasteiger partial charge is 0.332 e. The highest BCUT2D eigenvalue weighted by Crippen LogP contribution is 2.25. The van der Waals surface area contributed by atoms with E-state index in [0.29, 0.717) is 0 Å². The van der Waals surface area contributed by atoms with E-state index < -0.39 is 11.2 Å². The first-order valence-corrected chi connectivity index (χ1v) is 10.4. The van der Waals surface area contributed by atoms with Crippen molar-refractivity contribution in [2.75, 3.05) is 0 Å². The van der Waals surface area contributed by atoms with Gasteiger partial charge in [0.1, 0.15) is 6.54 Å². The minimum absolute atomic E-state index is 0.0140. The number of carbonyl (C=O) groups is 1. The van der Waals surface area contributed by atoms with Crippen LogP contribution in [0.2, 0.25) is 5.28 Å². The molecule has 1 atom stereocenters. The van der Waals surface area contributed by atoms with Gasteiger partial charge in [0.25, 0.3) is 5.56 Å². The van der Waals surface area contributed by atoms with Gasteiger partial charge < -0.3 is 5.32 Å². The Morgan fingerprint density at radius 2 is 1.87 bits per heavy atom. The lowest BCUT2D eigenvalue weighted by atomic mass is 9.89. The normalized spacial score (nSPS) is 14.5. The van der Waals surface area contributed by atoms with Crippen LogP contribution in [0.4, 0.5) is 0 Å². The number of hydrogen-bond donors (Lipinski definition) is 1. The van der Waals surface area contributed by atoms with Crippen LogP contribution in [-0.2, 0) is 38.3 Å². The highest BCUT2D eigenvalue weighted by atomic mass is 35.5. The lowest BCUT2D eigenvalue weighted by Crippen LogP contribution is -2.38. The monoisotopic (exact) mass is 429 g/mol. The molecule has 2 aromatic heterocycles. The van der Waals surface area contributed by atoms with Crippen LogP contribution in [0.15, 0.2) is 27.8 Å². The maximum Gasteiger partial charge on any atom is 0.332 e. The van der Waals surface area contributed by atoms with Gasteiger partial charge in [-0.15, -0.1) is 0 Å². The molecule has 4 rings (SSSR count). The summed E-state index contributed by atoms with van der Waals surface area (Å²) in [5.74, 6) is -0.294. The second-order valence-corrected chi connectivity index (χ2v) is 8.21. The molecule has 1 N–H and O–H groups in total. The Morgan fingerprint density at radius 1 is 1.17 bits per heavy atom. The van der Waals surface area contributed by atoms with Gasteiger partial charge in [-0.25, -0.2) is 4.79 Å². The fourth-order valence-corrected chi connectivity index (χ4v) is 4.33. The number of carbonyl (C=O) groups excluding carboxylic acids is 1. The molecule has 0 saturated carbocycles. The average molecular weight is 430 g/mol. The summed E-state index contributed by atoms with van der Waals surface area (Å²) in [7, 11) is 2.89. The predicted molar refractivity (Wildman–Crippen MR) is 115 cm³/mol. The number of rotatable bonds is 4. The summed E-state index contributed by atoms with van der Waals surface area (Å²) >= 11 is 6.20. The predicted octanol–water partition coefficient (Wildman–Crippen LogP) is 1.84. The van der Waals surface area contributed by atoms with E-state index in [9.17, 15) is 14.4 Å². The van der Waals surface area contributed by atoms with Crippen molar-refractivity contribution in [3.8, 4) is 0 Å². The Balaban J connectivity index is 1.59. The summed E-state index contributed by atoms with van der Waals surface area (Å²) in [6.45, 7) is 1.76. The Hall–Kier alpha value is -2.87. The van der Waals surface area contributed by atoms with E-state index >= 15 is 0 Å². The molecule has 0 radical (unpaired) electrons. The van der Waals surface area contributed by atoms with Crippen molar-refractivity contribution >= 4 is 28.7 Å². The van der Waals surface area contributed by atoms with E-state index in [1.165, 1.54) is 47.2 Å². The molecule has 1 aromatic carbocycles. The molecule has 3 aromatic rings. The van der Waals surface area contributed by atoms with Gasteiger partial charge in [0.15, 0.2) is 11.2 Å². The van der Waals surface area contributed by atoms with Crippen LogP contribution >= 0.6 is 11.6 Å². The average Bonchev–Trinajstić information content (AvgIpc) is 3.06. The minimum Gasteiger partial charge on any atom is -0.348 e. The fourth-order valence-electron chi connectivity index (χ4n) is 4.10. The summed E-state index contributed by atoms with van der Waals surface area (Å²) < 4.78 is 3.56. The first-order valence-electron chi connectivity index (χ1n) is 10.0. The number of aryl methyl sites for hydroxylation is 3. The number of nitrogens with zero attached hydrogens (tertiary/aromatic N) is 4. The van der Waals surface area contributed by atoms with Crippen molar-refractivity contribution < 1.29 is 4.79 Å². The van der Waals surface area contributed by atoms with E-state index in [4.69, 9.17) is 11.6 Å². The second kappa shape index (κ2) is 7.75. The molecule has 0 bridgehead atoms. The van der Waals surface area contributed by atoms with Gasteiger partial charge in [-0.2, -0.15) is 4.98 Å². The number of aromatic nitrogens is 4. The van der Waals surface area contributed by atoms with Crippen LogP contribution in [0.5, 0.6) is 0 Å². The van der Waals surface area contributed by atoms with Crippen LogP contribution in [0.1, 0.15) is 42.5 Å². The van der Waals surface area contributed by atoms with Gasteiger partial charge in [0.05, 0.1) is 6.04 Å². The molecule has 0 fully saturated rings. The molecule has 9 heteroatoms. The molecule has 30 heavy (non-hydrogen) atoms. The van der Waals surface area contributed by atoms with Crippen molar-refractivity contribution in [2.45, 2.75) is 45.2 Å². The van der Waals surface area contributed by atoms with E-state index in [1.807, 2.05) is 6.92 Å². The third kappa shape index (κ3) is 3.45. The van der Waals surface area contributed by atoms with Gasteiger partial charge in [-0.3, -0.25) is 23.3 Å². The molecular formula is C21H24ClN5O3. The van der Waals surface area contributed by atoms with Gasteiger partial charge >= 0.3 is 5.69 Å². The standard InChI is InChI=1S/C21H24ClN5O3/c1-12(14-9-8-13-6-4-5-7-15(13)10-14)23-16(28)11-27-17-18(24-20(27)22)25(2)21(30)26(3)19(17)29/h8-10,12H,4-7,11H2,1-3H3,(H,23,28). The summed E-state index contributed by atoms with van der Waals surface area (Å²) in [4.78, 5) is 41.5. The zero-order chi connectivity index (χ0) is 21.6. The number of fused-ring (bicyclic) bond motifs is 2. The van der Waals surface area contributed by atoms with Gasteiger partial charge in [-0.05, 0) is 60.9 Å². The highest BCUT2D eigenvalue weighted by Gasteiger charge is 2.21. The van der Waals surface area contributed by atoms with Crippen molar-refractivity contribution in [3.63, 3.8) is 0 Å². The molecule has 158 valence electrons. The van der Waals surface area contributed by atoms with Gasteiger partial charge in [0.2, 0.25) is 11.2 Å². The molecular weight excluding hydrogens is 406 g/mol. The Kier molecular flexibility index (Phi) is 5.27. The molecule has 1 aliphatic carbocycles. The quantitative estimate of drug-likeness (QED) is 0.641. The van der Waals surface area contributed by atoms with E-state index in [0.717, 1.165) is 23.0 Å². The molecule has 2 heterocycles. The first kappa shape index (κ1) is 20.4. The summed E-state index contributed by atoms with van der Waals surface area (Å²) in [5, 5.41) is 2.96. The minimum atomic E-state index is -0.539. The lowest BCUT2D eigenvalue weighted by molar-refractivity contribution is -0.122. The second-order valence-electron chi connectivity index (χ2n) is 7.87. The van der Waals surface area contributed by atoms with Crippen molar-refractivity contribution in [1.29, 1.82) is 0 Å². The fraction of sp³-hybridized carbons (Fsp3) is 0.429. The molecule has 0 aliphatic heterocycles. The van der Waals surface area contributed by atoms with Crippen LogP contribution in [0.3, 0.4) is 0 Å². The zero-order valence-electron chi connectivity index (χ0n) is 17.2. The summed E-state index contributed by atoms with van der Waals surface area (Å²) in [5.41, 5.74) is 3.03. The summed E-state index contributed by atoms with van der Waals surface area (Å²) in [6, 6.07) is 6.19. The van der Waals surface area contributed by atoms with E-state index in [-0.39, 0.29) is 34.9 Å². The zero-order valence-corrected chi connectivity index (χ0v) is 18.0. The highest BCUT2D eigenvalue weighted by molar-refractivity contribution is 6.29. The number of benzene rings is 1. The number of nitrogens with one attached hydrogen (secondary N) is 1. The number of halogens is 1. The number of hydrogen-bond acceptors (Lipinski definition) is 4. The van der Waals surface area contributed by atoms with Crippen molar-refractivity contribution in [3.05, 3.63) is 61.0 Å². The van der Waals surface area contributed by atoms with Crippen molar-refractivity contribution in [2.24, 2.45) is 14.1 Å². The maximum absolute atomic E-state index is 12.7. The largest absolute Gasteiger partial charge is 0.348 e. The first-order chi connectivity index (χ1) is 14.3. The Morgan fingerprint density at radius 3 is 2.60 bits per heavy atom. The Bertz CT molecular complexity index is 1270. The third-order valence-corrected chi connectivity index (χ3v) is 6.14. The van der Waals surface area contributed by atoms with E-state index in [1.54, 1.807) is 0 Å². The summed E-state index contributed by atoms with van der Waals surface area (Å²) in [6.07, 6.45) is 4.60. The van der Waals surface area contributed by atoms with Crippen LogP contribution < -0.4 is 16.6 Å². The van der Waals surface area contributed by atoms with Crippen molar-refractivity contribution in [1.82, 2.24) is 24.0 Å². The molecule has 0 saturated heterocycles. The number of imidazole rings is 1. The van der Waals surface area contributed by atoms with Crippen LogP contribution in [0.25, 0.3) is 11.2 Å². The number of amides is 1. The van der Waals surface area contributed by atoms with Gasteiger partial charge in [0, 0.05) is 14.1 Å². The van der Waals surface area contributed by atoms with Gasteiger partial charge in [-0.1, -0.05) is 18.2 Å². The molecule has 0 spiro atoms. The lowest BCUT2D eigenvalue weighted by Gasteiger charge is -2.20. The molecule has 8 nitrogen and oxygen atoms in total. The maximum atomic E-state index is 12.7. The topological polar surface area (TPSA) is 90.9 Å². The van der Waals surface area contributed by atoms with Crippen LogP contribution in [0, 0.1) is 0 Å².